The predicted octanol–water partition coefficient (Wildman–Crippen LogP) is 1.62. The fourth-order valence-corrected chi connectivity index (χ4v) is 0.775. The highest BCUT2D eigenvalue weighted by Crippen LogP contribution is 2.11. The van der Waals surface area contributed by atoms with Gasteiger partial charge in [0.2, 0.25) is 0 Å². The van der Waals surface area contributed by atoms with Gasteiger partial charge in [0.25, 0.3) is 0 Å². The van der Waals surface area contributed by atoms with Crippen LogP contribution in [0.5, 0.6) is 0 Å². The van der Waals surface area contributed by atoms with Crippen molar-refractivity contribution in [1.29, 1.82) is 0 Å². The third-order valence-electron chi connectivity index (χ3n) is 1.42. The molecule has 0 aromatic carbocycles. The number of hydrogen-bond donors (Lipinski definition) is 0. The summed E-state index contributed by atoms with van der Waals surface area (Å²) in [5.41, 5.74) is 0.717. The molecule has 0 aliphatic rings. The molecule has 0 N–H and O–H groups in total. The largest absolute Gasteiger partial charge is 0.266 e. The van der Waals surface area contributed by atoms with Gasteiger partial charge in [0.15, 0.2) is 0 Å². The van der Waals surface area contributed by atoms with E-state index in [9.17, 15) is 0 Å². The first-order valence-electron chi connectivity index (χ1n) is 3.57. The SMILES string of the molecule is C#Cc1ccn(C(C)(C)C)n1. The van der Waals surface area contributed by atoms with Gasteiger partial charge in [-0.25, -0.2) is 0 Å². The van der Waals surface area contributed by atoms with Crippen LogP contribution >= 0.6 is 0 Å². The summed E-state index contributed by atoms with van der Waals surface area (Å²) >= 11 is 0. The molecule has 0 radical (unpaired) electrons. The average molecular weight is 148 g/mol. The van der Waals surface area contributed by atoms with E-state index in [2.05, 4.69) is 31.8 Å². The molecule has 0 unspecified atom stereocenters. The van der Waals surface area contributed by atoms with Gasteiger partial charge in [-0.05, 0) is 32.8 Å². The summed E-state index contributed by atoms with van der Waals surface area (Å²) in [6.07, 6.45) is 7.08. The normalized spacial score (nSPS) is 11.1. The van der Waals surface area contributed by atoms with E-state index < -0.39 is 0 Å². The lowest BCUT2D eigenvalue weighted by Crippen LogP contribution is -2.22. The number of hydrogen-bond acceptors (Lipinski definition) is 1. The first kappa shape index (κ1) is 7.87. The second-order valence-corrected chi connectivity index (χ2v) is 3.46. The highest BCUT2D eigenvalue weighted by atomic mass is 15.3. The minimum atomic E-state index is 0.0229. The second-order valence-electron chi connectivity index (χ2n) is 3.46. The van der Waals surface area contributed by atoms with Gasteiger partial charge in [0.1, 0.15) is 5.69 Å². The van der Waals surface area contributed by atoms with Crippen LogP contribution in [0.2, 0.25) is 0 Å². The molecule has 11 heavy (non-hydrogen) atoms. The molecule has 1 heterocycles. The number of terminal acetylenes is 1. The summed E-state index contributed by atoms with van der Waals surface area (Å²) in [5, 5.41) is 4.18. The van der Waals surface area contributed by atoms with Crippen LogP contribution in [0.1, 0.15) is 26.5 Å². The van der Waals surface area contributed by atoms with Crippen LogP contribution in [-0.2, 0) is 5.54 Å². The molecule has 2 nitrogen and oxygen atoms in total. The second kappa shape index (κ2) is 2.43. The maximum absolute atomic E-state index is 5.18. The van der Waals surface area contributed by atoms with E-state index in [1.807, 2.05) is 16.9 Å². The molecule has 1 aromatic heterocycles. The monoisotopic (exact) mass is 148 g/mol. The van der Waals surface area contributed by atoms with Crippen LogP contribution in [0.4, 0.5) is 0 Å². The molecule has 0 saturated heterocycles. The lowest BCUT2D eigenvalue weighted by Gasteiger charge is -2.18. The van der Waals surface area contributed by atoms with Gasteiger partial charge in [-0.3, -0.25) is 4.68 Å². The Morgan fingerprint density at radius 2 is 2.18 bits per heavy atom. The van der Waals surface area contributed by atoms with Crippen LogP contribution in [0, 0.1) is 12.3 Å². The molecule has 58 valence electrons. The summed E-state index contributed by atoms with van der Waals surface area (Å²) < 4.78 is 1.86. The van der Waals surface area contributed by atoms with Gasteiger partial charge in [-0.15, -0.1) is 6.42 Å². The van der Waals surface area contributed by atoms with Crippen LogP contribution in [0.15, 0.2) is 12.3 Å². The third-order valence-corrected chi connectivity index (χ3v) is 1.42. The van der Waals surface area contributed by atoms with Crippen molar-refractivity contribution in [3.8, 4) is 12.3 Å². The molecular weight excluding hydrogens is 136 g/mol. The molecule has 1 aromatic rings. The van der Waals surface area contributed by atoms with E-state index in [-0.39, 0.29) is 5.54 Å². The molecule has 0 fully saturated rings. The van der Waals surface area contributed by atoms with E-state index in [4.69, 9.17) is 6.42 Å². The van der Waals surface area contributed by atoms with Crippen LogP contribution < -0.4 is 0 Å². The Kier molecular flexibility index (Phi) is 1.74. The molecule has 1 rings (SSSR count). The van der Waals surface area contributed by atoms with E-state index in [0.717, 1.165) is 0 Å². The van der Waals surface area contributed by atoms with Crippen LogP contribution in [0.3, 0.4) is 0 Å². The standard InChI is InChI=1S/C9H12N2/c1-5-8-6-7-11(10-8)9(2,3)4/h1,6-7H,2-4H3. The van der Waals surface area contributed by atoms with E-state index >= 15 is 0 Å². The summed E-state index contributed by atoms with van der Waals surface area (Å²) in [6, 6.07) is 1.84. The van der Waals surface area contributed by atoms with E-state index in [0.29, 0.717) is 5.69 Å². The van der Waals surface area contributed by atoms with Crippen molar-refractivity contribution >= 4 is 0 Å². The minimum Gasteiger partial charge on any atom is -0.266 e. The van der Waals surface area contributed by atoms with Crippen molar-refractivity contribution in [3.05, 3.63) is 18.0 Å². The Bertz CT molecular complexity index is 283. The van der Waals surface area contributed by atoms with Gasteiger partial charge in [-0.1, -0.05) is 0 Å². The smallest absolute Gasteiger partial charge is 0.135 e. The number of nitrogens with zero attached hydrogens (tertiary/aromatic N) is 2. The zero-order valence-corrected chi connectivity index (χ0v) is 7.13. The zero-order valence-electron chi connectivity index (χ0n) is 7.13. The summed E-state index contributed by atoms with van der Waals surface area (Å²) in [4.78, 5) is 0. The van der Waals surface area contributed by atoms with E-state index in [1.54, 1.807) is 0 Å². The van der Waals surface area contributed by atoms with Crippen molar-refractivity contribution in [2.45, 2.75) is 26.3 Å². The van der Waals surface area contributed by atoms with Crippen molar-refractivity contribution in [3.63, 3.8) is 0 Å². The van der Waals surface area contributed by atoms with Gasteiger partial charge >= 0.3 is 0 Å². The van der Waals surface area contributed by atoms with Gasteiger partial charge in [0, 0.05) is 6.20 Å². The van der Waals surface area contributed by atoms with Crippen LogP contribution in [-0.4, -0.2) is 9.78 Å². The highest BCUT2D eigenvalue weighted by Gasteiger charge is 2.12. The molecule has 0 saturated carbocycles. The van der Waals surface area contributed by atoms with Crippen molar-refractivity contribution < 1.29 is 0 Å². The zero-order chi connectivity index (χ0) is 8.48. The number of rotatable bonds is 0. The minimum absolute atomic E-state index is 0.0229. The molecule has 0 amide bonds. The Hall–Kier alpha value is -1.23. The Morgan fingerprint density at radius 1 is 1.55 bits per heavy atom. The lowest BCUT2D eigenvalue weighted by molar-refractivity contribution is 0.355. The average Bonchev–Trinajstić information content (AvgIpc) is 2.32. The molecule has 0 aliphatic heterocycles. The van der Waals surface area contributed by atoms with Gasteiger partial charge < -0.3 is 0 Å². The Morgan fingerprint density at radius 3 is 2.45 bits per heavy atom. The molecule has 0 bridgehead atoms. The quantitative estimate of drug-likeness (QED) is 0.511. The highest BCUT2D eigenvalue weighted by molar-refractivity contribution is 5.21. The van der Waals surface area contributed by atoms with E-state index in [1.165, 1.54) is 0 Å². The topological polar surface area (TPSA) is 17.8 Å². The Balaban J connectivity index is 3.01. The summed E-state index contributed by atoms with van der Waals surface area (Å²) in [7, 11) is 0. The predicted molar refractivity (Wildman–Crippen MR) is 45.2 cm³/mol. The molecule has 0 aliphatic carbocycles. The fourth-order valence-electron chi connectivity index (χ4n) is 0.775. The number of aromatic nitrogens is 2. The first-order chi connectivity index (χ1) is 5.04. The first-order valence-corrected chi connectivity index (χ1v) is 3.57. The van der Waals surface area contributed by atoms with Gasteiger partial charge in [0.05, 0.1) is 5.54 Å². The molecule has 0 spiro atoms. The lowest BCUT2D eigenvalue weighted by atomic mass is 10.1. The molecular formula is C9H12N2. The molecule has 2 heteroatoms. The Labute approximate surface area is 67.2 Å². The maximum atomic E-state index is 5.18. The fraction of sp³-hybridized carbons (Fsp3) is 0.444. The van der Waals surface area contributed by atoms with Gasteiger partial charge in [-0.2, -0.15) is 5.10 Å². The van der Waals surface area contributed by atoms with Crippen molar-refractivity contribution in [1.82, 2.24) is 9.78 Å². The maximum Gasteiger partial charge on any atom is 0.135 e. The van der Waals surface area contributed by atoms with Crippen molar-refractivity contribution in [2.24, 2.45) is 0 Å². The summed E-state index contributed by atoms with van der Waals surface area (Å²) in [5.74, 6) is 2.49. The van der Waals surface area contributed by atoms with Crippen molar-refractivity contribution in [2.75, 3.05) is 0 Å². The summed E-state index contributed by atoms with van der Waals surface area (Å²) in [6.45, 7) is 6.25. The third kappa shape index (κ3) is 1.62. The van der Waals surface area contributed by atoms with Crippen LogP contribution in [0.25, 0.3) is 0 Å². The molecule has 0 atom stereocenters.